The molecule has 1 fully saturated rings. The summed E-state index contributed by atoms with van der Waals surface area (Å²) >= 11 is 0. The quantitative estimate of drug-likeness (QED) is 0.901. The third kappa shape index (κ3) is 3.38. The molecule has 1 atom stereocenters. The lowest BCUT2D eigenvalue weighted by atomic mass is 9.72. The van der Waals surface area contributed by atoms with Crippen molar-refractivity contribution in [2.24, 2.45) is 0 Å². The lowest BCUT2D eigenvalue weighted by Gasteiger charge is -2.43. The van der Waals surface area contributed by atoms with Gasteiger partial charge in [-0.2, -0.15) is 0 Å². The number of amides is 1. The molecule has 2 aromatic rings. The van der Waals surface area contributed by atoms with Gasteiger partial charge in [0.15, 0.2) is 11.6 Å². The van der Waals surface area contributed by atoms with Crippen molar-refractivity contribution in [1.29, 1.82) is 0 Å². The van der Waals surface area contributed by atoms with Gasteiger partial charge in [0.1, 0.15) is 5.75 Å². The van der Waals surface area contributed by atoms with Crippen LogP contribution in [0.5, 0.6) is 0 Å². The molecule has 1 aliphatic carbocycles. The van der Waals surface area contributed by atoms with Gasteiger partial charge in [0.05, 0.1) is 16.3 Å². The molecule has 1 N–H and O–H groups in total. The molecule has 0 aromatic heterocycles. The Morgan fingerprint density at radius 3 is 2.38 bits per heavy atom. The Labute approximate surface area is 141 Å². The molecule has 6 heteroatoms. The van der Waals surface area contributed by atoms with Crippen molar-refractivity contribution in [3.63, 3.8) is 0 Å². The average molecular weight is 349 g/mol. The van der Waals surface area contributed by atoms with Gasteiger partial charge in [-0.25, -0.2) is 8.78 Å². The highest BCUT2D eigenvalue weighted by Crippen LogP contribution is 2.41. The maximum absolute atomic E-state index is 13.2. The van der Waals surface area contributed by atoms with E-state index in [9.17, 15) is 17.8 Å². The van der Waals surface area contributed by atoms with Gasteiger partial charge >= 0.3 is 0 Å². The highest BCUT2D eigenvalue weighted by molar-refractivity contribution is 7.85. The molecule has 1 aliphatic rings. The Balaban J connectivity index is 1.68. The molecule has 0 saturated heterocycles. The highest BCUT2D eigenvalue weighted by Gasteiger charge is 2.40. The first-order valence-electron chi connectivity index (χ1n) is 7.70. The summed E-state index contributed by atoms with van der Waals surface area (Å²) in [5, 5.41) is 2.97. The molecule has 0 spiro atoms. The fourth-order valence-corrected chi connectivity index (χ4v) is 3.83. The second-order valence-electron chi connectivity index (χ2n) is 5.92. The number of carbonyl (C=O) groups is 1. The van der Waals surface area contributed by atoms with Gasteiger partial charge in [-0.05, 0) is 43.0 Å². The smallest absolute Gasteiger partial charge is 0.233 e. The number of benzene rings is 2. The minimum absolute atomic E-state index is 0.103. The number of rotatable bonds is 5. The summed E-state index contributed by atoms with van der Waals surface area (Å²) in [5.74, 6) is -2.71. The number of carbonyl (C=O) groups excluding carboxylic acids is 1. The van der Waals surface area contributed by atoms with Gasteiger partial charge in [0.25, 0.3) is 0 Å². The first kappa shape index (κ1) is 16.8. The first-order chi connectivity index (χ1) is 11.5. The monoisotopic (exact) mass is 349 g/mol. The Bertz CT molecular complexity index is 776. The molecule has 1 unspecified atom stereocenters. The van der Waals surface area contributed by atoms with Crippen molar-refractivity contribution >= 4 is 16.7 Å². The topological polar surface area (TPSA) is 46.2 Å². The van der Waals surface area contributed by atoms with Crippen LogP contribution in [0.15, 0.2) is 53.4 Å². The van der Waals surface area contributed by atoms with E-state index in [0.29, 0.717) is 0 Å². The van der Waals surface area contributed by atoms with Crippen molar-refractivity contribution < 1.29 is 17.8 Å². The van der Waals surface area contributed by atoms with Crippen molar-refractivity contribution in [3.05, 3.63) is 65.7 Å². The molecule has 0 radical (unpaired) electrons. The number of hydrogen-bond acceptors (Lipinski definition) is 2. The third-order valence-corrected chi connectivity index (χ3v) is 5.63. The van der Waals surface area contributed by atoms with Crippen LogP contribution in [0.3, 0.4) is 0 Å². The molecule has 1 saturated carbocycles. The van der Waals surface area contributed by atoms with E-state index in [4.69, 9.17) is 0 Å². The Hall–Kier alpha value is -2.08. The Morgan fingerprint density at radius 1 is 1.08 bits per heavy atom. The maximum atomic E-state index is 13.2. The average Bonchev–Trinajstić information content (AvgIpc) is 2.54. The van der Waals surface area contributed by atoms with Crippen molar-refractivity contribution in [2.75, 3.05) is 5.75 Å². The normalized spacial score (nSPS) is 16.9. The van der Waals surface area contributed by atoms with Gasteiger partial charge in [-0.3, -0.25) is 9.00 Å². The standard InChI is InChI=1S/C18H17F2NO2S/c19-15-8-7-14(11-16(15)20)24(23)12-17(22)21-18(9-4-10-18)13-5-2-1-3-6-13/h1-3,5-8,11H,4,9-10,12H2,(H,21,22). The summed E-state index contributed by atoms with van der Waals surface area (Å²) < 4.78 is 38.4. The largest absolute Gasteiger partial charge is 0.346 e. The molecule has 1 amide bonds. The van der Waals surface area contributed by atoms with Crippen molar-refractivity contribution in [3.8, 4) is 0 Å². The first-order valence-corrected chi connectivity index (χ1v) is 9.02. The van der Waals surface area contributed by atoms with E-state index in [-0.39, 0.29) is 16.6 Å². The summed E-state index contributed by atoms with van der Waals surface area (Å²) in [5.41, 5.74) is 0.625. The molecule has 0 aliphatic heterocycles. The van der Waals surface area contributed by atoms with Crippen LogP contribution in [-0.2, 0) is 21.1 Å². The predicted molar refractivity (Wildman–Crippen MR) is 87.7 cm³/mol. The van der Waals surface area contributed by atoms with Crippen LogP contribution in [0.4, 0.5) is 8.78 Å². The lowest BCUT2D eigenvalue weighted by Crippen LogP contribution is -2.51. The van der Waals surface area contributed by atoms with Crippen LogP contribution >= 0.6 is 0 Å². The van der Waals surface area contributed by atoms with E-state index < -0.39 is 28.0 Å². The minimum Gasteiger partial charge on any atom is -0.346 e. The van der Waals surface area contributed by atoms with Gasteiger partial charge in [0.2, 0.25) is 5.91 Å². The van der Waals surface area contributed by atoms with Crippen molar-refractivity contribution in [2.45, 2.75) is 29.7 Å². The van der Waals surface area contributed by atoms with Crippen LogP contribution < -0.4 is 5.32 Å². The highest BCUT2D eigenvalue weighted by atomic mass is 32.2. The second kappa shape index (κ2) is 6.81. The van der Waals surface area contributed by atoms with Gasteiger partial charge < -0.3 is 5.32 Å². The maximum Gasteiger partial charge on any atom is 0.233 e. The van der Waals surface area contributed by atoms with Crippen molar-refractivity contribution in [1.82, 2.24) is 5.32 Å². The van der Waals surface area contributed by atoms with Gasteiger partial charge in [-0.15, -0.1) is 0 Å². The molecule has 3 nitrogen and oxygen atoms in total. The van der Waals surface area contributed by atoms with E-state index in [1.807, 2.05) is 30.3 Å². The van der Waals surface area contributed by atoms with Crippen LogP contribution in [-0.4, -0.2) is 15.9 Å². The summed E-state index contributed by atoms with van der Waals surface area (Å²) in [6.07, 6.45) is 2.68. The van der Waals surface area contributed by atoms with Crippen LogP contribution in [0.25, 0.3) is 0 Å². The number of halogens is 2. The molecular formula is C18H17F2NO2S. The van der Waals surface area contributed by atoms with Crippen LogP contribution in [0.1, 0.15) is 24.8 Å². The molecule has 0 bridgehead atoms. The molecule has 126 valence electrons. The van der Waals surface area contributed by atoms with Gasteiger partial charge in [0, 0.05) is 4.90 Å². The predicted octanol–water partition coefficient (Wildman–Crippen LogP) is 3.27. The minimum atomic E-state index is -1.72. The molecule has 0 heterocycles. The molecule has 24 heavy (non-hydrogen) atoms. The van der Waals surface area contributed by atoms with E-state index >= 15 is 0 Å². The number of nitrogens with one attached hydrogen (secondary N) is 1. The summed E-state index contributed by atoms with van der Waals surface area (Å²) in [7, 11) is -1.72. The zero-order valence-electron chi connectivity index (χ0n) is 12.9. The fraction of sp³-hybridized carbons (Fsp3) is 0.278. The second-order valence-corrected chi connectivity index (χ2v) is 7.37. The third-order valence-electron chi connectivity index (χ3n) is 4.33. The summed E-state index contributed by atoms with van der Waals surface area (Å²) in [6.45, 7) is 0. The fourth-order valence-electron chi connectivity index (χ4n) is 2.90. The van der Waals surface area contributed by atoms with Gasteiger partial charge in [-0.1, -0.05) is 30.3 Å². The van der Waals surface area contributed by atoms with Crippen LogP contribution in [0, 0.1) is 11.6 Å². The van der Waals surface area contributed by atoms with E-state index in [1.165, 1.54) is 6.07 Å². The van der Waals surface area contributed by atoms with Crippen LogP contribution in [0.2, 0.25) is 0 Å². The zero-order valence-corrected chi connectivity index (χ0v) is 13.7. The molecule has 2 aromatic carbocycles. The van der Waals surface area contributed by atoms with E-state index in [1.54, 1.807) is 0 Å². The zero-order chi connectivity index (χ0) is 17.2. The Morgan fingerprint density at radius 2 is 1.79 bits per heavy atom. The number of hydrogen-bond donors (Lipinski definition) is 1. The molecule has 3 rings (SSSR count). The van der Waals surface area contributed by atoms with E-state index in [0.717, 1.165) is 37.0 Å². The Kier molecular flexibility index (Phi) is 4.76. The summed E-state index contributed by atoms with van der Waals surface area (Å²) in [4.78, 5) is 12.4. The lowest BCUT2D eigenvalue weighted by molar-refractivity contribution is -0.121. The van der Waals surface area contributed by atoms with E-state index in [2.05, 4.69) is 5.32 Å². The summed E-state index contributed by atoms with van der Waals surface area (Å²) in [6, 6.07) is 12.7. The SMILES string of the molecule is O=C(CS(=O)c1ccc(F)c(F)c1)NC1(c2ccccc2)CCC1. The molecular weight excluding hydrogens is 332 g/mol.